The van der Waals surface area contributed by atoms with Gasteiger partial charge in [-0.05, 0) is 32.0 Å². The zero-order chi connectivity index (χ0) is 10.7. The minimum Gasteiger partial charge on any atom is -0.490 e. The highest BCUT2D eigenvalue weighted by molar-refractivity contribution is 7.80. The molecule has 0 bridgehead atoms. The molecule has 0 spiro atoms. The van der Waals surface area contributed by atoms with Crippen molar-refractivity contribution in [2.24, 2.45) is 0 Å². The Hall–Kier alpha value is -1.16. The van der Waals surface area contributed by atoms with Crippen LogP contribution in [0.3, 0.4) is 0 Å². The summed E-state index contributed by atoms with van der Waals surface area (Å²) < 4.78 is 5.41. The zero-order valence-electron chi connectivity index (χ0n) is 8.02. The van der Waals surface area contributed by atoms with Gasteiger partial charge in [0.15, 0.2) is 0 Å². The summed E-state index contributed by atoms with van der Waals surface area (Å²) in [4.78, 5) is 11.2. The molecule has 14 heavy (non-hydrogen) atoms. The molecular weight excluding hydrogens is 200 g/mol. The van der Waals surface area contributed by atoms with Crippen molar-refractivity contribution in [1.29, 1.82) is 0 Å². The molecule has 1 rings (SSSR count). The van der Waals surface area contributed by atoms with Gasteiger partial charge in [-0.1, -0.05) is 0 Å². The van der Waals surface area contributed by atoms with E-state index in [2.05, 4.69) is 12.6 Å². The lowest BCUT2D eigenvalue weighted by molar-refractivity contribution is 0.0696. The van der Waals surface area contributed by atoms with Gasteiger partial charge in [0, 0.05) is 4.90 Å². The first-order valence-electron chi connectivity index (χ1n) is 4.23. The maximum Gasteiger partial charge on any atom is 0.335 e. The van der Waals surface area contributed by atoms with E-state index in [1.165, 1.54) is 12.1 Å². The third kappa shape index (κ3) is 2.67. The Kier molecular flexibility index (Phi) is 3.41. The van der Waals surface area contributed by atoms with E-state index in [1.807, 2.05) is 13.8 Å². The van der Waals surface area contributed by atoms with Gasteiger partial charge in [0.05, 0.1) is 11.7 Å². The number of rotatable bonds is 3. The molecule has 0 aliphatic rings. The molecule has 76 valence electrons. The van der Waals surface area contributed by atoms with E-state index < -0.39 is 5.97 Å². The molecule has 1 aromatic carbocycles. The molecule has 0 amide bonds. The fourth-order valence-electron chi connectivity index (χ4n) is 1.00. The second-order valence-electron chi connectivity index (χ2n) is 3.15. The third-order valence-corrected chi connectivity index (χ3v) is 1.92. The third-order valence-electron chi connectivity index (χ3n) is 1.57. The normalized spacial score (nSPS) is 10.3. The van der Waals surface area contributed by atoms with E-state index >= 15 is 0 Å². The zero-order valence-corrected chi connectivity index (χ0v) is 8.91. The number of thiol groups is 1. The second kappa shape index (κ2) is 4.37. The second-order valence-corrected chi connectivity index (χ2v) is 3.64. The van der Waals surface area contributed by atoms with Crippen LogP contribution in [0.15, 0.2) is 23.1 Å². The number of carbonyl (C=O) groups is 1. The maximum atomic E-state index is 10.6. The summed E-state index contributed by atoms with van der Waals surface area (Å²) in [7, 11) is 0. The van der Waals surface area contributed by atoms with Crippen molar-refractivity contribution in [3.63, 3.8) is 0 Å². The van der Waals surface area contributed by atoms with Crippen LogP contribution in [-0.2, 0) is 0 Å². The summed E-state index contributed by atoms with van der Waals surface area (Å²) in [6.45, 7) is 3.80. The molecule has 0 aromatic heterocycles. The average molecular weight is 212 g/mol. The van der Waals surface area contributed by atoms with Crippen molar-refractivity contribution in [1.82, 2.24) is 0 Å². The SMILES string of the molecule is CC(C)Oc1ccc(C(=O)O)cc1S. The summed E-state index contributed by atoms with van der Waals surface area (Å²) >= 11 is 4.15. The van der Waals surface area contributed by atoms with Crippen molar-refractivity contribution in [2.75, 3.05) is 0 Å². The van der Waals surface area contributed by atoms with Crippen molar-refractivity contribution >= 4 is 18.6 Å². The summed E-state index contributed by atoms with van der Waals surface area (Å²) in [5.74, 6) is -0.357. The van der Waals surface area contributed by atoms with Crippen LogP contribution in [0, 0.1) is 0 Å². The Morgan fingerprint density at radius 3 is 2.57 bits per heavy atom. The van der Waals surface area contributed by atoms with Gasteiger partial charge in [0.2, 0.25) is 0 Å². The summed E-state index contributed by atoms with van der Waals surface area (Å²) in [5.41, 5.74) is 0.214. The number of carboxylic acids is 1. The first kappa shape index (κ1) is 10.9. The van der Waals surface area contributed by atoms with E-state index in [9.17, 15) is 4.79 Å². The van der Waals surface area contributed by atoms with Crippen molar-refractivity contribution in [3.8, 4) is 5.75 Å². The van der Waals surface area contributed by atoms with Crippen LogP contribution in [0.2, 0.25) is 0 Å². The molecule has 0 saturated heterocycles. The molecule has 0 aliphatic heterocycles. The first-order chi connectivity index (χ1) is 6.50. The number of benzene rings is 1. The van der Waals surface area contributed by atoms with Crippen LogP contribution in [-0.4, -0.2) is 17.2 Å². The number of hydrogen-bond acceptors (Lipinski definition) is 3. The molecule has 0 heterocycles. The van der Waals surface area contributed by atoms with Gasteiger partial charge in [-0.15, -0.1) is 12.6 Å². The van der Waals surface area contributed by atoms with Crippen LogP contribution in [0.25, 0.3) is 0 Å². The lowest BCUT2D eigenvalue weighted by atomic mass is 10.2. The summed E-state index contributed by atoms with van der Waals surface area (Å²) in [6, 6.07) is 4.59. The van der Waals surface area contributed by atoms with Gasteiger partial charge in [0.25, 0.3) is 0 Å². The van der Waals surface area contributed by atoms with Gasteiger partial charge in [-0.25, -0.2) is 4.79 Å². The predicted octanol–water partition coefficient (Wildman–Crippen LogP) is 2.46. The number of aromatic carboxylic acids is 1. The van der Waals surface area contributed by atoms with Crippen molar-refractivity contribution in [3.05, 3.63) is 23.8 Å². The fraction of sp³-hybridized carbons (Fsp3) is 0.300. The van der Waals surface area contributed by atoms with Gasteiger partial charge >= 0.3 is 5.97 Å². The lowest BCUT2D eigenvalue weighted by Gasteiger charge is -2.11. The van der Waals surface area contributed by atoms with E-state index in [4.69, 9.17) is 9.84 Å². The molecule has 0 unspecified atom stereocenters. The van der Waals surface area contributed by atoms with Crippen LogP contribution < -0.4 is 4.74 Å². The Balaban J connectivity index is 2.95. The van der Waals surface area contributed by atoms with Crippen LogP contribution in [0.1, 0.15) is 24.2 Å². The highest BCUT2D eigenvalue weighted by Crippen LogP contribution is 2.24. The Labute approximate surface area is 88.1 Å². The summed E-state index contributed by atoms with van der Waals surface area (Å²) in [5, 5.41) is 8.71. The highest BCUT2D eigenvalue weighted by atomic mass is 32.1. The molecule has 4 heteroatoms. The number of ether oxygens (including phenoxy) is 1. The summed E-state index contributed by atoms with van der Waals surface area (Å²) in [6.07, 6.45) is 0.0524. The van der Waals surface area contributed by atoms with Crippen molar-refractivity contribution < 1.29 is 14.6 Å². The largest absolute Gasteiger partial charge is 0.490 e. The predicted molar refractivity (Wildman–Crippen MR) is 56.4 cm³/mol. The maximum absolute atomic E-state index is 10.6. The Morgan fingerprint density at radius 2 is 2.14 bits per heavy atom. The molecule has 0 saturated carbocycles. The molecule has 0 radical (unpaired) electrons. The van der Waals surface area contributed by atoms with E-state index in [1.54, 1.807) is 6.07 Å². The van der Waals surface area contributed by atoms with Crippen LogP contribution >= 0.6 is 12.6 Å². The van der Waals surface area contributed by atoms with Crippen LogP contribution in [0.5, 0.6) is 5.75 Å². The van der Waals surface area contributed by atoms with E-state index in [-0.39, 0.29) is 11.7 Å². The first-order valence-corrected chi connectivity index (χ1v) is 4.68. The van der Waals surface area contributed by atoms with E-state index in [0.717, 1.165) is 0 Å². The topological polar surface area (TPSA) is 46.5 Å². The molecule has 0 aliphatic carbocycles. The molecular formula is C10H12O3S. The van der Waals surface area contributed by atoms with Gasteiger partial charge < -0.3 is 9.84 Å². The number of hydrogen-bond donors (Lipinski definition) is 2. The average Bonchev–Trinajstić information content (AvgIpc) is 2.07. The van der Waals surface area contributed by atoms with Crippen LogP contribution in [0.4, 0.5) is 0 Å². The Morgan fingerprint density at radius 1 is 1.50 bits per heavy atom. The molecule has 0 fully saturated rings. The smallest absolute Gasteiger partial charge is 0.335 e. The minimum atomic E-state index is -0.962. The monoisotopic (exact) mass is 212 g/mol. The quantitative estimate of drug-likeness (QED) is 0.756. The van der Waals surface area contributed by atoms with Gasteiger partial charge in [-0.3, -0.25) is 0 Å². The minimum absolute atomic E-state index is 0.0524. The molecule has 3 nitrogen and oxygen atoms in total. The van der Waals surface area contributed by atoms with Crippen molar-refractivity contribution in [2.45, 2.75) is 24.8 Å². The Bertz CT molecular complexity index is 347. The molecule has 1 aromatic rings. The highest BCUT2D eigenvalue weighted by Gasteiger charge is 2.07. The standard InChI is InChI=1S/C10H12O3S/c1-6(2)13-8-4-3-7(10(11)12)5-9(8)14/h3-6,14H,1-2H3,(H,11,12). The fourth-order valence-corrected chi connectivity index (χ4v) is 1.27. The lowest BCUT2D eigenvalue weighted by Crippen LogP contribution is -2.06. The molecule has 0 atom stereocenters. The molecule has 1 N–H and O–H groups in total. The number of carboxylic acid groups (broad SMARTS) is 1. The van der Waals surface area contributed by atoms with E-state index in [0.29, 0.717) is 10.6 Å². The van der Waals surface area contributed by atoms with Gasteiger partial charge in [0.1, 0.15) is 5.75 Å². The van der Waals surface area contributed by atoms with Gasteiger partial charge in [-0.2, -0.15) is 0 Å².